The molecule has 1 saturated heterocycles. The third-order valence-electron chi connectivity index (χ3n) is 4.20. The zero-order valence-corrected chi connectivity index (χ0v) is 14.6. The van der Waals surface area contributed by atoms with Crippen LogP contribution in [0.15, 0.2) is 24.3 Å². The molecule has 0 unspecified atom stereocenters. The van der Waals surface area contributed by atoms with Crippen molar-refractivity contribution in [2.24, 2.45) is 5.92 Å². The van der Waals surface area contributed by atoms with Gasteiger partial charge in [-0.1, -0.05) is 12.1 Å². The second-order valence-electron chi connectivity index (χ2n) is 6.46. The van der Waals surface area contributed by atoms with Gasteiger partial charge in [-0.2, -0.15) is 0 Å². The van der Waals surface area contributed by atoms with Crippen molar-refractivity contribution in [1.29, 1.82) is 0 Å². The van der Waals surface area contributed by atoms with Gasteiger partial charge in [-0.15, -0.1) is 0 Å². The van der Waals surface area contributed by atoms with Crippen molar-refractivity contribution < 1.29 is 23.1 Å². The standard InChI is InChI=1S/C17H23NO5S/c1-24(22,23)12-14-4-7-15(8-5-14)17(21)18-10-2-3-13(11-18)6-9-16(19)20/h4-5,7-8,13H,2-3,6,9-12H2,1H3,(H,19,20)/t13-/m0/s1. The average Bonchev–Trinajstić information content (AvgIpc) is 2.52. The van der Waals surface area contributed by atoms with Crippen LogP contribution in [0.3, 0.4) is 0 Å². The molecule has 1 heterocycles. The first-order chi connectivity index (χ1) is 11.2. The van der Waals surface area contributed by atoms with Gasteiger partial charge in [0.2, 0.25) is 0 Å². The Bertz CT molecular complexity index is 696. The lowest BCUT2D eigenvalue weighted by molar-refractivity contribution is -0.137. The second kappa shape index (κ2) is 7.79. The number of carboxylic acids is 1. The molecule has 1 fully saturated rings. The zero-order chi connectivity index (χ0) is 17.7. The number of carboxylic acid groups (broad SMARTS) is 1. The minimum atomic E-state index is -3.09. The smallest absolute Gasteiger partial charge is 0.303 e. The Morgan fingerprint density at radius 2 is 1.92 bits per heavy atom. The zero-order valence-electron chi connectivity index (χ0n) is 13.8. The summed E-state index contributed by atoms with van der Waals surface area (Å²) in [5, 5.41) is 8.78. The molecule has 0 aromatic heterocycles. The molecule has 7 heteroatoms. The summed E-state index contributed by atoms with van der Waals surface area (Å²) in [7, 11) is -3.09. The number of carbonyl (C=O) groups is 2. The molecule has 2 rings (SSSR count). The predicted molar refractivity (Wildman–Crippen MR) is 90.5 cm³/mol. The molecule has 1 aromatic carbocycles. The van der Waals surface area contributed by atoms with Crippen molar-refractivity contribution in [1.82, 2.24) is 4.90 Å². The van der Waals surface area contributed by atoms with Gasteiger partial charge in [0, 0.05) is 31.3 Å². The van der Waals surface area contributed by atoms with Crippen LogP contribution < -0.4 is 0 Å². The number of carbonyl (C=O) groups excluding carboxylic acids is 1. The van der Waals surface area contributed by atoms with E-state index in [0.29, 0.717) is 30.6 Å². The molecule has 1 amide bonds. The Labute approximate surface area is 142 Å². The first-order valence-corrected chi connectivity index (χ1v) is 10.1. The maximum atomic E-state index is 12.6. The topological polar surface area (TPSA) is 91.8 Å². The Kier molecular flexibility index (Phi) is 5.99. The van der Waals surface area contributed by atoms with Gasteiger partial charge < -0.3 is 10.0 Å². The summed E-state index contributed by atoms with van der Waals surface area (Å²) in [6, 6.07) is 6.65. The molecule has 1 aliphatic rings. The number of nitrogens with zero attached hydrogens (tertiary/aromatic N) is 1. The molecule has 132 valence electrons. The highest BCUT2D eigenvalue weighted by molar-refractivity contribution is 7.89. The number of aliphatic carboxylic acids is 1. The maximum Gasteiger partial charge on any atom is 0.303 e. The van der Waals surface area contributed by atoms with Gasteiger partial charge in [0.05, 0.1) is 5.75 Å². The molecule has 0 spiro atoms. The number of piperidine rings is 1. The molecule has 1 aromatic rings. The number of sulfone groups is 1. The van der Waals surface area contributed by atoms with E-state index in [9.17, 15) is 18.0 Å². The quantitative estimate of drug-likeness (QED) is 0.844. The SMILES string of the molecule is CS(=O)(=O)Cc1ccc(C(=O)N2CCC[C@@H](CCC(=O)O)C2)cc1. The van der Waals surface area contributed by atoms with Gasteiger partial charge in [-0.25, -0.2) is 8.42 Å². The summed E-state index contributed by atoms with van der Waals surface area (Å²) in [4.78, 5) is 25.0. The van der Waals surface area contributed by atoms with Crippen LogP contribution >= 0.6 is 0 Å². The molecule has 0 radical (unpaired) electrons. The van der Waals surface area contributed by atoms with Crippen LogP contribution in [0.5, 0.6) is 0 Å². The van der Waals surface area contributed by atoms with E-state index in [2.05, 4.69) is 0 Å². The van der Waals surface area contributed by atoms with Gasteiger partial charge in [0.15, 0.2) is 9.84 Å². The van der Waals surface area contributed by atoms with Crippen molar-refractivity contribution in [3.63, 3.8) is 0 Å². The largest absolute Gasteiger partial charge is 0.481 e. The van der Waals surface area contributed by atoms with E-state index in [0.717, 1.165) is 12.8 Å². The minimum Gasteiger partial charge on any atom is -0.481 e. The number of rotatable bonds is 6. The van der Waals surface area contributed by atoms with E-state index < -0.39 is 15.8 Å². The van der Waals surface area contributed by atoms with Crippen molar-refractivity contribution in [3.8, 4) is 0 Å². The van der Waals surface area contributed by atoms with E-state index in [1.165, 1.54) is 6.26 Å². The number of amides is 1. The number of hydrogen-bond acceptors (Lipinski definition) is 4. The third kappa shape index (κ3) is 5.63. The Morgan fingerprint density at radius 3 is 2.50 bits per heavy atom. The van der Waals surface area contributed by atoms with E-state index in [1.807, 2.05) is 0 Å². The van der Waals surface area contributed by atoms with Gasteiger partial charge in [0.25, 0.3) is 5.91 Å². The Hall–Kier alpha value is -1.89. The van der Waals surface area contributed by atoms with Crippen LogP contribution in [0.25, 0.3) is 0 Å². The molecule has 0 saturated carbocycles. The van der Waals surface area contributed by atoms with Gasteiger partial charge >= 0.3 is 5.97 Å². The first kappa shape index (κ1) is 18.4. The first-order valence-electron chi connectivity index (χ1n) is 8.02. The number of hydrogen-bond donors (Lipinski definition) is 1. The molecule has 1 atom stereocenters. The summed E-state index contributed by atoms with van der Waals surface area (Å²) >= 11 is 0. The van der Waals surface area contributed by atoms with Crippen LogP contribution in [-0.2, 0) is 20.4 Å². The van der Waals surface area contributed by atoms with E-state index >= 15 is 0 Å². The minimum absolute atomic E-state index is 0.0392. The molecule has 1 aliphatic heterocycles. The van der Waals surface area contributed by atoms with Crippen LogP contribution in [0, 0.1) is 5.92 Å². The number of benzene rings is 1. The average molecular weight is 353 g/mol. The van der Waals surface area contributed by atoms with Crippen LogP contribution in [0.1, 0.15) is 41.6 Å². The van der Waals surface area contributed by atoms with Crippen molar-refractivity contribution >= 4 is 21.7 Å². The Morgan fingerprint density at radius 1 is 1.25 bits per heavy atom. The molecule has 6 nitrogen and oxygen atoms in total. The van der Waals surface area contributed by atoms with Crippen molar-refractivity contribution in [2.45, 2.75) is 31.4 Å². The van der Waals surface area contributed by atoms with Crippen LogP contribution in [0.2, 0.25) is 0 Å². The summed E-state index contributed by atoms with van der Waals surface area (Å²) in [6.45, 7) is 1.25. The fourth-order valence-electron chi connectivity index (χ4n) is 3.04. The van der Waals surface area contributed by atoms with Gasteiger partial charge in [-0.3, -0.25) is 9.59 Å². The van der Waals surface area contributed by atoms with Crippen molar-refractivity contribution in [3.05, 3.63) is 35.4 Å². The molecular weight excluding hydrogens is 330 g/mol. The summed E-state index contributed by atoms with van der Waals surface area (Å²) < 4.78 is 22.6. The van der Waals surface area contributed by atoms with E-state index in [4.69, 9.17) is 5.11 Å². The van der Waals surface area contributed by atoms with Crippen LogP contribution in [0.4, 0.5) is 0 Å². The fourth-order valence-corrected chi connectivity index (χ4v) is 3.84. The Balaban J connectivity index is 1.98. The van der Waals surface area contributed by atoms with Gasteiger partial charge in [-0.05, 0) is 42.9 Å². The van der Waals surface area contributed by atoms with Crippen LogP contribution in [-0.4, -0.2) is 49.6 Å². The highest BCUT2D eigenvalue weighted by Gasteiger charge is 2.24. The molecule has 1 N–H and O–H groups in total. The molecule has 0 aliphatic carbocycles. The highest BCUT2D eigenvalue weighted by Crippen LogP contribution is 2.22. The molecule has 24 heavy (non-hydrogen) atoms. The van der Waals surface area contributed by atoms with E-state index in [-0.39, 0.29) is 24.0 Å². The third-order valence-corrected chi connectivity index (χ3v) is 5.06. The lowest BCUT2D eigenvalue weighted by Gasteiger charge is -2.32. The second-order valence-corrected chi connectivity index (χ2v) is 8.60. The lowest BCUT2D eigenvalue weighted by atomic mass is 9.93. The lowest BCUT2D eigenvalue weighted by Crippen LogP contribution is -2.40. The maximum absolute atomic E-state index is 12.6. The molecular formula is C17H23NO5S. The number of likely N-dealkylation sites (tertiary alicyclic amines) is 1. The fraction of sp³-hybridized carbons (Fsp3) is 0.529. The van der Waals surface area contributed by atoms with Crippen molar-refractivity contribution in [2.75, 3.05) is 19.3 Å². The van der Waals surface area contributed by atoms with E-state index in [1.54, 1.807) is 29.2 Å². The predicted octanol–water partition coefficient (Wildman–Crippen LogP) is 1.95. The normalized spacial score (nSPS) is 18.4. The molecule has 0 bridgehead atoms. The summed E-state index contributed by atoms with van der Waals surface area (Å²) in [5.41, 5.74) is 1.19. The summed E-state index contributed by atoms with van der Waals surface area (Å²) in [6.07, 6.45) is 3.73. The summed E-state index contributed by atoms with van der Waals surface area (Å²) in [5.74, 6) is -0.702. The highest BCUT2D eigenvalue weighted by atomic mass is 32.2. The van der Waals surface area contributed by atoms with Gasteiger partial charge in [0.1, 0.15) is 0 Å². The monoisotopic (exact) mass is 353 g/mol.